The molecule has 0 unspecified atom stereocenters. The quantitative estimate of drug-likeness (QED) is 0.714. The van der Waals surface area contributed by atoms with Crippen molar-refractivity contribution in [2.45, 2.75) is 44.4 Å². The van der Waals surface area contributed by atoms with Crippen LogP contribution in [0, 0.1) is 0 Å². The number of hydrogen-bond acceptors (Lipinski definition) is 6. The number of carbonyl (C=O) groups excluding carboxylic acids is 1. The smallest absolute Gasteiger partial charge is 0.405 e. The Kier molecular flexibility index (Phi) is 5.16. The van der Waals surface area contributed by atoms with Crippen LogP contribution in [0.15, 0.2) is 18.2 Å². The van der Waals surface area contributed by atoms with E-state index in [0.717, 1.165) is 5.56 Å². The van der Waals surface area contributed by atoms with Crippen LogP contribution >= 0.6 is 0 Å². The lowest BCUT2D eigenvalue weighted by Crippen LogP contribution is -2.74. The molecule has 3 rings (SSSR count). The number of hydrogen-bond donors (Lipinski definition) is 2. The highest BCUT2D eigenvalue weighted by Gasteiger charge is 2.55. The maximum absolute atomic E-state index is 12.6. The summed E-state index contributed by atoms with van der Waals surface area (Å²) in [4.78, 5) is 25.3. The molecule has 2 heterocycles. The molecule has 2 aliphatic rings. The van der Waals surface area contributed by atoms with Gasteiger partial charge in [-0.1, -0.05) is 0 Å². The number of ether oxygens (including phenoxy) is 4. The Labute approximate surface area is 157 Å². The molecule has 0 aliphatic carbocycles. The summed E-state index contributed by atoms with van der Waals surface area (Å²) in [5.74, 6) is 0.135. The monoisotopic (exact) mass is 380 g/mol. The van der Waals surface area contributed by atoms with E-state index >= 15 is 0 Å². The van der Waals surface area contributed by atoms with Crippen molar-refractivity contribution in [1.82, 2.24) is 10.2 Å². The Morgan fingerprint density at radius 2 is 2.11 bits per heavy atom. The van der Waals surface area contributed by atoms with Crippen LogP contribution in [-0.4, -0.2) is 66.8 Å². The highest BCUT2D eigenvalue weighted by Crippen LogP contribution is 2.35. The number of benzene rings is 1. The van der Waals surface area contributed by atoms with Gasteiger partial charge in [-0.3, -0.25) is 4.79 Å². The molecular weight excluding hydrogens is 356 g/mol. The van der Waals surface area contributed by atoms with E-state index in [4.69, 9.17) is 24.1 Å². The highest BCUT2D eigenvalue weighted by atomic mass is 16.7. The second-order valence-electron chi connectivity index (χ2n) is 6.93. The average Bonchev–Trinajstić information content (AvgIpc) is 2.98. The number of carbonyl (C=O) groups is 2. The fourth-order valence-corrected chi connectivity index (χ4v) is 3.50. The highest BCUT2D eigenvalue weighted by molar-refractivity contribution is 5.92. The van der Waals surface area contributed by atoms with Crippen LogP contribution in [0.4, 0.5) is 4.79 Å². The summed E-state index contributed by atoms with van der Waals surface area (Å²) in [6, 6.07) is 3.99. The zero-order chi connectivity index (χ0) is 19.8. The third-order valence-electron chi connectivity index (χ3n) is 4.78. The standard InChI is InChI=1S/C18H24N2O7/c1-18(2)26-9-13(27-18)15-14(19-17(22)23)16(21)20(15)8-10-5-6-11(24-3)7-12(10)25-4/h5-7,13-15,19H,8-9H2,1-4H3,(H,22,23)/t13-,14-,15+/m0/s1. The van der Waals surface area contributed by atoms with E-state index in [1.807, 2.05) is 6.07 Å². The molecule has 2 aliphatic heterocycles. The van der Waals surface area contributed by atoms with E-state index in [1.165, 1.54) is 0 Å². The number of amides is 2. The first kappa shape index (κ1) is 19.2. The van der Waals surface area contributed by atoms with Crippen LogP contribution in [0.1, 0.15) is 19.4 Å². The summed E-state index contributed by atoms with van der Waals surface area (Å²) in [7, 11) is 3.10. The van der Waals surface area contributed by atoms with Crippen LogP contribution in [0.5, 0.6) is 11.5 Å². The van der Waals surface area contributed by atoms with Crippen molar-refractivity contribution in [1.29, 1.82) is 0 Å². The van der Waals surface area contributed by atoms with Gasteiger partial charge in [0, 0.05) is 18.2 Å². The molecule has 9 heteroatoms. The Balaban J connectivity index is 1.82. The maximum atomic E-state index is 12.6. The Morgan fingerprint density at radius 3 is 2.67 bits per heavy atom. The van der Waals surface area contributed by atoms with Gasteiger partial charge in [-0.05, 0) is 26.0 Å². The summed E-state index contributed by atoms with van der Waals surface area (Å²) in [6.45, 7) is 4.10. The lowest BCUT2D eigenvalue weighted by molar-refractivity contribution is -0.174. The molecule has 1 aromatic carbocycles. The molecule has 0 spiro atoms. The van der Waals surface area contributed by atoms with E-state index in [1.54, 1.807) is 45.1 Å². The fraction of sp³-hybridized carbons (Fsp3) is 0.556. The van der Waals surface area contributed by atoms with Gasteiger partial charge in [0.05, 0.1) is 26.9 Å². The zero-order valence-electron chi connectivity index (χ0n) is 15.7. The average molecular weight is 380 g/mol. The Bertz CT molecular complexity index is 736. The Morgan fingerprint density at radius 1 is 1.37 bits per heavy atom. The van der Waals surface area contributed by atoms with Crippen LogP contribution in [0.3, 0.4) is 0 Å². The van der Waals surface area contributed by atoms with Gasteiger partial charge in [0.1, 0.15) is 23.6 Å². The number of rotatable bonds is 6. The topological polar surface area (TPSA) is 107 Å². The summed E-state index contributed by atoms with van der Waals surface area (Å²) in [6.07, 6.45) is -1.68. The third-order valence-corrected chi connectivity index (χ3v) is 4.78. The largest absolute Gasteiger partial charge is 0.497 e. The van der Waals surface area contributed by atoms with Crippen molar-refractivity contribution >= 4 is 12.0 Å². The first-order chi connectivity index (χ1) is 12.8. The number of carboxylic acid groups (broad SMARTS) is 1. The van der Waals surface area contributed by atoms with Crippen LogP contribution in [0.2, 0.25) is 0 Å². The van der Waals surface area contributed by atoms with E-state index in [-0.39, 0.29) is 19.1 Å². The lowest BCUT2D eigenvalue weighted by atomic mass is 9.89. The predicted molar refractivity (Wildman–Crippen MR) is 93.7 cm³/mol. The van der Waals surface area contributed by atoms with Gasteiger partial charge in [-0.2, -0.15) is 0 Å². The second kappa shape index (κ2) is 7.24. The molecule has 0 aromatic heterocycles. The summed E-state index contributed by atoms with van der Waals surface area (Å²) < 4.78 is 22.1. The van der Waals surface area contributed by atoms with Crippen molar-refractivity contribution in [2.24, 2.45) is 0 Å². The van der Waals surface area contributed by atoms with E-state index in [9.17, 15) is 9.59 Å². The zero-order valence-corrected chi connectivity index (χ0v) is 15.7. The molecule has 148 valence electrons. The number of likely N-dealkylation sites (tertiary alicyclic amines) is 1. The molecule has 2 amide bonds. The normalized spacial score (nSPS) is 26.4. The molecule has 1 aromatic rings. The van der Waals surface area contributed by atoms with Gasteiger partial charge in [-0.25, -0.2) is 4.79 Å². The fourth-order valence-electron chi connectivity index (χ4n) is 3.50. The van der Waals surface area contributed by atoms with E-state index in [2.05, 4.69) is 5.32 Å². The number of nitrogens with one attached hydrogen (secondary N) is 1. The first-order valence-corrected chi connectivity index (χ1v) is 8.58. The van der Waals surface area contributed by atoms with Gasteiger partial charge in [-0.15, -0.1) is 0 Å². The number of β-lactam (4-membered cyclic amide) rings is 1. The van der Waals surface area contributed by atoms with Crippen molar-refractivity contribution in [3.05, 3.63) is 23.8 Å². The first-order valence-electron chi connectivity index (χ1n) is 8.58. The summed E-state index contributed by atoms with van der Waals surface area (Å²) >= 11 is 0. The predicted octanol–water partition coefficient (Wildman–Crippen LogP) is 1.20. The van der Waals surface area contributed by atoms with E-state index in [0.29, 0.717) is 11.5 Å². The van der Waals surface area contributed by atoms with Crippen LogP contribution in [-0.2, 0) is 20.8 Å². The van der Waals surface area contributed by atoms with Gasteiger partial charge >= 0.3 is 6.09 Å². The molecule has 2 saturated heterocycles. The number of methoxy groups -OCH3 is 2. The van der Waals surface area contributed by atoms with Crippen molar-refractivity contribution in [2.75, 3.05) is 20.8 Å². The van der Waals surface area contributed by atoms with E-state index < -0.39 is 30.1 Å². The second-order valence-corrected chi connectivity index (χ2v) is 6.93. The van der Waals surface area contributed by atoms with Crippen molar-refractivity contribution in [3.8, 4) is 11.5 Å². The van der Waals surface area contributed by atoms with Crippen LogP contribution in [0.25, 0.3) is 0 Å². The van der Waals surface area contributed by atoms with Gasteiger partial charge in [0.15, 0.2) is 5.79 Å². The minimum Gasteiger partial charge on any atom is -0.497 e. The molecule has 2 N–H and O–H groups in total. The molecule has 2 fully saturated rings. The Hall–Kier alpha value is -2.52. The summed E-state index contributed by atoms with van der Waals surface area (Å²) in [5, 5.41) is 11.3. The molecule has 0 bridgehead atoms. The lowest BCUT2D eigenvalue weighted by Gasteiger charge is -2.49. The molecule has 27 heavy (non-hydrogen) atoms. The van der Waals surface area contributed by atoms with Gasteiger partial charge in [0.2, 0.25) is 5.91 Å². The maximum Gasteiger partial charge on any atom is 0.405 e. The van der Waals surface area contributed by atoms with Crippen molar-refractivity contribution < 1.29 is 33.6 Å². The van der Waals surface area contributed by atoms with Gasteiger partial charge < -0.3 is 34.3 Å². The molecule has 9 nitrogen and oxygen atoms in total. The number of nitrogens with zero attached hydrogens (tertiary/aromatic N) is 1. The van der Waals surface area contributed by atoms with Crippen molar-refractivity contribution in [3.63, 3.8) is 0 Å². The summed E-state index contributed by atoms with van der Waals surface area (Å²) in [5.41, 5.74) is 0.781. The minimum absolute atomic E-state index is 0.259. The minimum atomic E-state index is -1.25. The third kappa shape index (κ3) is 3.79. The molecular formula is C18H24N2O7. The molecule has 0 saturated carbocycles. The van der Waals surface area contributed by atoms with Gasteiger partial charge in [0.25, 0.3) is 0 Å². The molecule has 0 radical (unpaired) electrons. The SMILES string of the molecule is COc1ccc(CN2C(=O)[C@@H](NC(=O)O)[C@H]2[C@@H]2COC(C)(C)O2)c(OC)c1. The van der Waals surface area contributed by atoms with Crippen LogP contribution < -0.4 is 14.8 Å². The molecule has 3 atom stereocenters.